The molecule has 0 radical (unpaired) electrons. The largest absolute Gasteiger partial charge is 0.378 e. The summed E-state index contributed by atoms with van der Waals surface area (Å²) in [6, 6.07) is 13.5. The van der Waals surface area contributed by atoms with Crippen molar-refractivity contribution in [3.8, 4) is 0 Å². The zero-order valence-corrected chi connectivity index (χ0v) is 16.3. The van der Waals surface area contributed by atoms with Crippen LogP contribution in [0.3, 0.4) is 0 Å². The standard InChI is InChI=1S/C22H26ClNO2/c1-14-11-18(13-26-16(14)3)12-17-7-9-19(10-8-17)24-22(25)20-5-4-6-21(23)15(20)2/h4-10,14,16,18H,11-13H2,1-3H3,(H,24,25). The van der Waals surface area contributed by atoms with Crippen LogP contribution in [0.1, 0.15) is 41.8 Å². The molecule has 3 unspecified atom stereocenters. The normalized spacial score (nSPS) is 22.8. The Morgan fingerprint density at radius 3 is 2.62 bits per heavy atom. The van der Waals surface area contributed by atoms with E-state index in [-0.39, 0.29) is 5.91 Å². The Morgan fingerprint density at radius 1 is 1.19 bits per heavy atom. The fourth-order valence-corrected chi connectivity index (χ4v) is 3.66. The number of halogens is 1. The van der Waals surface area contributed by atoms with Crippen LogP contribution >= 0.6 is 11.6 Å². The molecule has 3 atom stereocenters. The summed E-state index contributed by atoms with van der Waals surface area (Å²) >= 11 is 6.10. The van der Waals surface area contributed by atoms with Gasteiger partial charge in [-0.05, 0) is 73.9 Å². The van der Waals surface area contributed by atoms with Crippen molar-refractivity contribution in [3.05, 3.63) is 64.2 Å². The molecular formula is C22H26ClNO2. The van der Waals surface area contributed by atoms with Crippen molar-refractivity contribution in [3.63, 3.8) is 0 Å². The number of carbonyl (C=O) groups excluding carboxylic acids is 1. The van der Waals surface area contributed by atoms with E-state index in [0.717, 1.165) is 24.3 Å². The van der Waals surface area contributed by atoms with Crippen LogP contribution in [0.5, 0.6) is 0 Å². The number of amides is 1. The molecule has 2 aromatic carbocycles. The maximum atomic E-state index is 12.5. The second-order valence-corrected chi connectivity index (χ2v) is 7.79. The summed E-state index contributed by atoms with van der Waals surface area (Å²) in [6.45, 7) is 7.10. The summed E-state index contributed by atoms with van der Waals surface area (Å²) in [6.07, 6.45) is 2.57. The molecule has 1 saturated heterocycles. The van der Waals surface area contributed by atoms with Gasteiger partial charge in [0.2, 0.25) is 0 Å². The number of ether oxygens (including phenoxy) is 1. The predicted octanol–water partition coefficient (Wildman–Crippen LogP) is 5.50. The third-order valence-electron chi connectivity index (χ3n) is 5.35. The van der Waals surface area contributed by atoms with Gasteiger partial charge in [0.15, 0.2) is 0 Å². The Kier molecular flexibility index (Phi) is 6.00. The molecule has 1 heterocycles. The highest BCUT2D eigenvalue weighted by molar-refractivity contribution is 6.32. The van der Waals surface area contributed by atoms with E-state index in [4.69, 9.17) is 16.3 Å². The third-order valence-corrected chi connectivity index (χ3v) is 5.76. The minimum absolute atomic E-state index is 0.138. The van der Waals surface area contributed by atoms with Gasteiger partial charge in [0.25, 0.3) is 5.91 Å². The number of nitrogens with one attached hydrogen (secondary N) is 1. The molecule has 1 aliphatic rings. The summed E-state index contributed by atoms with van der Waals surface area (Å²) in [5.74, 6) is 1.03. The Labute approximate surface area is 160 Å². The quantitative estimate of drug-likeness (QED) is 0.770. The van der Waals surface area contributed by atoms with E-state index in [1.807, 2.05) is 19.1 Å². The van der Waals surface area contributed by atoms with Crippen LogP contribution < -0.4 is 5.32 Å². The number of hydrogen-bond acceptors (Lipinski definition) is 2. The Balaban J connectivity index is 1.61. The van der Waals surface area contributed by atoms with Gasteiger partial charge >= 0.3 is 0 Å². The van der Waals surface area contributed by atoms with Crippen LogP contribution in [-0.2, 0) is 11.2 Å². The summed E-state index contributed by atoms with van der Waals surface area (Å²) in [5, 5.41) is 3.55. The van der Waals surface area contributed by atoms with E-state index in [9.17, 15) is 4.79 Å². The van der Waals surface area contributed by atoms with Crippen LogP contribution in [0.4, 0.5) is 5.69 Å². The lowest BCUT2D eigenvalue weighted by Gasteiger charge is -2.32. The van der Waals surface area contributed by atoms with Crippen LogP contribution in [0, 0.1) is 18.8 Å². The van der Waals surface area contributed by atoms with Crippen molar-refractivity contribution in [1.29, 1.82) is 0 Å². The third kappa shape index (κ3) is 4.46. The molecule has 3 rings (SSSR count). The molecule has 1 N–H and O–H groups in total. The molecule has 2 aromatic rings. The van der Waals surface area contributed by atoms with Crippen molar-refractivity contribution in [2.45, 2.75) is 39.7 Å². The van der Waals surface area contributed by atoms with E-state index in [1.165, 1.54) is 12.0 Å². The maximum absolute atomic E-state index is 12.5. The second-order valence-electron chi connectivity index (χ2n) is 7.39. The SMILES string of the molecule is Cc1c(Cl)cccc1C(=O)Nc1ccc(CC2COC(C)C(C)C2)cc1. The fraction of sp³-hybridized carbons (Fsp3) is 0.409. The highest BCUT2D eigenvalue weighted by atomic mass is 35.5. The van der Waals surface area contributed by atoms with Crippen molar-refractivity contribution in [2.75, 3.05) is 11.9 Å². The molecule has 0 aromatic heterocycles. The first-order valence-corrected chi connectivity index (χ1v) is 9.59. The van der Waals surface area contributed by atoms with Gasteiger partial charge in [-0.1, -0.05) is 36.7 Å². The molecule has 0 aliphatic carbocycles. The first kappa shape index (κ1) is 18.9. The van der Waals surface area contributed by atoms with E-state index < -0.39 is 0 Å². The summed E-state index contributed by atoms with van der Waals surface area (Å²) in [5.41, 5.74) is 3.46. The van der Waals surface area contributed by atoms with Gasteiger partial charge in [-0.2, -0.15) is 0 Å². The molecule has 3 nitrogen and oxygen atoms in total. The zero-order valence-electron chi connectivity index (χ0n) is 15.6. The Hall–Kier alpha value is -1.84. The molecule has 0 saturated carbocycles. The molecule has 26 heavy (non-hydrogen) atoms. The van der Waals surface area contributed by atoms with Crippen LogP contribution in [-0.4, -0.2) is 18.6 Å². The van der Waals surface area contributed by atoms with Crippen LogP contribution in [0.25, 0.3) is 0 Å². The summed E-state index contributed by atoms with van der Waals surface area (Å²) in [4.78, 5) is 12.5. The minimum Gasteiger partial charge on any atom is -0.378 e. The molecule has 0 spiro atoms. The topological polar surface area (TPSA) is 38.3 Å². The lowest BCUT2D eigenvalue weighted by Crippen LogP contribution is -2.31. The second kappa shape index (κ2) is 8.24. The fourth-order valence-electron chi connectivity index (χ4n) is 3.49. The van der Waals surface area contributed by atoms with Gasteiger partial charge in [-0.25, -0.2) is 0 Å². The first-order valence-electron chi connectivity index (χ1n) is 9.21. The molecule has 138 valence electrons. The number of anilines is 1. The molecule has 1 aliphatic heterocycles. The molecular weight excluding hydrogens is 346 g/mol. The molecule has 1 fully saturated rings. The van der Waals surface area contributed by atoms with Gasteiger partial charge in [0.1, 0.15) is 0 Å². The predicted molar refractivity (Wildman–Crippen MR) is 107 cm³/mol. The van der Waals surface area contributed by atoms with Gasteiger partial charge in [-0.3, -0.25) is 4.79 Å². The van der Waals surface area contributed by atoms with Gasteiger partial charge in [0, 0.05) is 16.3 Å². The van der Waals surface area contributed by atoms with Gasteiger partial charge in [-0.15, -0.1) is 0 Å². The Bertz CT molecular complexity index is 772. The number of carbonyl (C=O) groups is 1. The Morgan fingerprint density at radius 2 is 1.92 bits per heavy atom. The van der Waals surface area contributed by atoms with E-state index in [2.05, 4.69) is 31.3 Å². The number of rotatable bonds is 4. The van der Waals surface area contributed by atoms with Gasteiger partial charge < -0.3 is 10.1 Å². The smallest absolute Gasteiger partial charge is 0.255 e. The van der Waals surface area contributed by atoms with Gasteiger partial charge in [0.05, 0.1) is 12.7 Å². The van der Waals surface area contributed by atoms with E-state index >= 15 is 0 Å². The summed E-state index contributed by atoms with van der Waals surface area (Å²) < 4.78 is 5.85. The highest BCUT2D eigenvalue weighted by Gasteiger charge is 2.25. The minimum atomic E-state index is -0.138. The summed E-state index contributed by atoms with van der Waals surface area (Å²) in [7, 11) is 0. The molecule has 4 heteroatoms. The average molecular weight is 372 g/mol. The lowest BCUT2D eigenvalue weighted by atomic mass is 9.86. The van der Waals surface area contributed by atoms with Crippen molar-refractivity contribution in [2.24, 2.45) is 11.8 Å². The zero-order chi connectivity index (χ0) is 18.7. The number of benzene rings is 2. The van der Waals surface area contributed by atoms with E-state index in [1.54, 1.807) is 18.2 Å². The average Bonchev–Trinajstić information content (AvgIpc) is 2.62. The first-order chi connectivity index (χ1) is 12.4. The molecule has 1 amide bonds. The highest BCUT2D eigenvalue weighted by Crippen LogP contribution is 2.27. The maximum Gasteiger partial charge on any atom is 0.255 e. The van der Waals surface area contributed by atoms with Crippen molar-refractivity contribution in [1.82, 2.24) is 0 Å². The number of hydrogen-bond donors (Lipinski definition) is 1. The van der Waals surface area contributed by atoms with E-state index in [0.29, 0.717) is 28.5 Å². The lowest BCUT2D eigenvalue weighted by molar-refractivity contribution is -0.0397. The monoisotopic (exact) mass is 371 g/mol. The van der Waals surface area contributed by atoms with Crippen molar-refractivity contribution < 1.29 is 9.53 Å². The van der Waals surface area contributed by atoms with Crippen LogP contribution in [0.15, 0.2) is 42.5 Å². The van der Waals surface area contributed by atoms with Crippen LogP contribution in [0.2, 0.25) is 5.02 Å². The molecule has 0 bridgehead atoms. The van der Waals surface area contributed by atoms with Crippen molar-refractivity contribution >= 4 is 23.2 Å².